The minimum atomic E-state index is -5.71. The van der Waals surface area contributed by atoms with Crippen molar-refractivity contribution in [3.05, 3.63) is 65.7 Å². The Bertz CT molecular complexity index is 732. The van der Waals surface area contributed by atoms with E-state index in [9.17, 15) is 21.6 Å². The van der Waals surface area contributed by atoms with Crippen LogP contribution in [0.1, 0.15) is 0 Å². The highest BCUT2D eigenvalue weighted by atomic mass is 127. The zero-order valence-corrected chi connectivity index (χ0v) is 15.5. The van der Waals surface area contributed by atoms with Crippen molar-refractivity contribution in [1.82, 2.24) is 0 Å². The smallest absolute Gasteiger partial charge is 0.186 e. The lowest BCUT2D eigenvalue weighted by atomic mass is 10.4. The van der Waals surface area contributed by atoms with E-state index in [1.807, 2.05) is 0 Å². The van der Waals surface area contributed by atoms with Gasteiger partial charge in [0, 0.05) is 10.0 Å². The van der Waals surface area contributed by atoms with E-state index in [1.54, 1.807) is 0 Å². The minimum absolute atomic E-state index is 0.355. The maximum atomic E-state index is 12.6. The highest BCUT2D eigenvalue weighted by Gasteiger charge is 2.54. The maximum Gasteiger partial charge on any atom is 0.526 e. The fourth-order valence-electron chi connectivity index (χ4n) is 1.41. The maximum absolute atomic E-state index is 12.6. The lowest BCUT2D eigenvalue weighted by Crippen LogP contribution is -3.85. The predicted octanol–water partition coefficient (Wildman–Crippen LogP) is 1.44. The second-order valence-electron chi connectivity index (χ2n) is 4.08. The van der Waals surface area contributed by atoms with E-state index in [4.69, 9.17) is 23.2 Å². The van der Waals surface area contributed by atoms with Crippen molar-refractivity contribution in [1.29, 1.82) is 0 Å². The number of hydrogen-bond donors (Lipinski definition) is 0. The Hall–Kier alpha value is -0.550. The minimum Gasteiger partial charge on any atom is -0.186 e. The first-order valence-corrected chi connectivity index (χ1v) is 11.0. The van der Waals surface area contributed by atoms with Crippen molar-refractivity contribution in [3.8, 4) is 0 Å². The topological polar surface area (TPSA) is 43.4 Å². The quantitative estimate of drug-likeness (QED) is 0.473. The summed E-state index contributed by atoms with van der Waals surface area (Å²) in [4.78, 5) is 0. The molecule has 2 aromatic carbocycles. The monoisotopic (exact) mass is 498 g/mol. The number of halogens is 6. The van der Waals surface area contributed by atoms with Crippen LogP contribution in [0.3, 0.4) is 0 Å². The Morgan fingerprint density at radius 2 is 1.17 bits per heavy atom. The van der Waals surface area contributed by atoms with Crippen LogP contribution in [0.4, 0.5) is 13.2 Å². The summed E-state index contributed by atoms with van der Waals surface area (Å²) in [5, 5.41) is 0.749. The van der Waals surface area contributed by atoms with Crippen molar-refractivity contribution < 1.29 is 44.3 Å². The van der Waals surface area contributed by atoms with Crippen LogP contribution >= 0.6 is 23.2 Å². The van der Waals surface area contributed by atoms with E-state index in [2.05, 4.69) is 2.51 Å². The Balaban J connectivity index is 2.48. The highest BCUT2D eigenvalue weighted by Crippen LogP contribution is 2.22. The summed E-state index contributed by atoms with van der Waals surface area (Å²) >= 11 is 8.14. The van der Waals surface area contributed by atoms with Crippen LogP contribution in [0, 0.1) is 7.14 Å². The zero-order chi connectivity index (χ0) is 17.3. The van der Waals surface area contributed by atoms with Gasteiger partial charge in [0.25, 0.3) is 0 Å². The van der Waals surface area contributed by atoms with Crippen molar-refractivity contribution in [2.24, 2.45) is 0 Å². The van der Waals surface area contributed by atoms with E-state index in [0.29, 0.717) is 17.2 Å². The molecule has 0 aromatic heterocycles. The van der Waals surface area contributed by atoms with E-state index in [-0.39, 0.29) is 0 Å². The average Bonchev–Trinajstić information content (AvgIpc) is 2.46. The second kappa shape index (κ2) is 7.14. The predicted molar refractivity (Wildman–Crippen MR) is 76.4 cm³/mol. The molecule has 3 nitrogen and oxygen atoms in total. The molecule has 2 rings (SSSR count). The fraction of sp³-hybridized carbons (Fsp3) is 0.0769. The van der Waals surface area contributed by atoms with Gasteiger partial charge in [-0.25, -0.2) is 0 Å². The molecule has 0 aliphatic heterocycles. The standard InChI is InChI=1S/C13H8Cl2F3IO3S/c14-9-1-5-11(6-2-9)19(12-7-3-10(15)4-8-12)22-23(20,21)13(16,17)18/h1-8H/q+1. The lowest BCUT2D eigenvalue weighted by molar-refractivity contribution is -1.03. The number of hydrogen-bond acceptors (Lipinski definition) is 3. The van der Waals surface area contributed by atoms with Crippen LogP contribution in [0.5, 0.6) is 0 Å². The molecule has 0 bridgehead atoms. The Kier molecular flexibility index (Phi) is 5.83. The first-order valence-electron chi connectivity index (χ1n) is 5.82. The molecule has 0 saturated heterocycles. The van der Waals surface area contributed by atoms with Crippen molar-refractivity contribution in [3.63, 3.8) is 0 Å². The van der Waals surface area contributed by atoms with Gasteiger partial charge in [0.05, 0.1) is 0 Å². The summed E-state index contributed by atoms with van der Waals surface area (Å²) in [7, 11) is -5.71. The van der Waals surface area contributed by atoms with Gasteiger partial charge in [0.1, 0.15) is 0 Å². The summed E-state index contributed by atoms with van der Waals surface area (Å²) in [5.41, 5.74) is -5.48. The van der Waals surface area contributed by atoms with E-state index in [1.165, 1.54) is 48.5 Å². The molecule has 10 heteroatoms. The Labute approximate surface area is 148 Å². The number of alkyl halides is 3. The number of rotatable bonds is 4. The van der Waals surface area contributed by atoms with Gasteiger partial charge in [0.15, 0.2) is 7.14 Å². The summed E-state index contributed by atoms with van der Waals surface area (Å²) in [6.07, 6.45) is 0. The van der Waals surface area contributed by atoms with Crippen molar-refractivity contribution in [2.45, 2.75) is 5.51 Å². The molecule has 2 aromatic rings. The van der Waals surface area contributed by atoms with Crippen LogP contribution in [-0.2, 0) is 12.6 Å². The molecule has 0 amide bonds. The number of benzene rings is 2. The van der Waals surface area contributed by atoms with Crippen LogP contribution in [0.15, 0.2) is 48.5 Å². The van der Waals surface area contributed by atoms with Crippen LogP contribution in [0.2, 0.25) is 10.0 Å². The molecule has 1 radical (unpaired) electrons. The van der Waals surface area contributed by atoms with E-state index in [0.717, 1.165) is 0 Å². The van der Waals surface area contributed by atoms with Gasteiger partial charge < -0.3 is 0 Å². The molecule has 125 valence electrons. The summed E-state index contributed by atoms with van der Waals surface area (Å²) < 4.78 is 65.9. The third kappa shape index (κ3) is 4.72. The first-order chi connectivity index (χ1) is 10.6. The highest BCUT2D eigenvalue weighted by molar-refractivity contribution is 7.87. The SMILES string of the molecule is O=S(=O)(O[I+](c1ccc(Cl)cc1)c1ccc(Cl)cc1)C(F)(F)F. The van der Waals surface area contributed by atoms with E-state index < -0.39 is 35.9 Å². The average molecular weight is 499 g/mol. The summed E-state index contributed by atoms with van der Waals surface area (Å²) in [6.45, 7) is 0. The Morgan fingerprint density at radius 3 is 1.48 bits per heavy atom. The molecular formula is C13H8Cl2F3IO3S+. The molecule has 0 fully saturated rings. The summed E-state index contributed by atoms with van der Waals surface area (Å²) in [6, 6.07) is 11.6. The van der Waals surface area contributed by atoms with Crippen molar-refractivity contribution >= 4 is 33.3 Å². The van der Waals surface area contributed by atoms with Gasteiger partial charge in [-0.05, 0) is 51.0 Å². The summed E-state index contributed by atoms with van der Waals surface area (Å²) in [5.74, 6) is 0. The molecular weight excluding hydrogens is 491 g/mol. The lowest BCUT2D eigenvalue weighted by Gasteiger charge is -2.08. The third-order valence-corrected chi connectivity index (χ3v) is 10.00. The second-order valence-corrected chi connectivity index (χ2v) is 11.4. The Morgan fingerprint density at radius 1 is 0.826 bits per heavy atom. The van der Waals surface area contributed by atoms with Crippen LogP contribution < -0.4 is 20.2 Å². The fourth-order valence-corrected chi connectivity index (χ4v) is 8.06. The largest absolute Gasteiger partial charge is 0.526 e. The molecule has 0 atom stereocenters. The van der Waals surface area contributed by atoms with E-state index >= 15 is 0 Å². The van der Waals surface area contributed by atoms with Crippen LogP contribution in [-0.4, -0.2) is 13.9 Å². The van der Waals surface area contributed by atoms with Gasteiger partial charge >= 0.3 is 35.9 Å². The van der Waals surface area contributed by atoms with Gasteiger partial charge in [-0.1, -0.05) is 23.2 Å². The molecule has 23 heavy (non-hydrogen) atoms. The molecule has 0 N–H and O–H groups in total. The van der Waals surface area contributed by atoms with Gasteiger partial charge in [0.2, 0.25) is 0 Å². The normalized spacial score (nSPS) is 12.6. The first kappa shape index (κ1) is 18.8. The molecule has 0 aliphatic carbocycles. The third-order valence-electron chi connectivity index (χ3n) is 2.43. The molecule has 0 aliphatic rings. The van der Waals surface area contributed by atoms with Crippen molar-refractivity contribution in [2.75, 3.05) is 0 Å². The van der Waals surface area contributed by atoms with Gasteiger partial charge in [-0.3, -0.25) is 0 Å². The van der Waals surface area contributed by atoms with Gasteiger partial charge in [-0.15, -0.1) is 0 Å². The zero-order valence-electron chi connectivity index (χ0n) is 11.0. The van der Waals surface area contributed by atoms with Crippen LogP contribution in [0.25, 0.3) is 0 Å². The molecule has 0 spiro atoms. The molecule has 0 unspecified atom stereocenters. The molecule has 0 saturated carbocycles. The van der Waals surface area contributed by atoms with Gasteiger partial charge in [-0.2, -0.15) is 21.6 Å². The molecule has 0 heterocycles.